The quantitative estimate of drug-likeness (QED) is 0.492. The van der Waals surface area contributed by atoms with E-state index in [-0.39, 0.29) is 0 Å². The van der Waals surface area contributed by atoms with Crippen molar-refractivity contribution in [2.45, 2.75) is 26.4 Å². The van der Waals surface area contributed by atoms with E-state index >= 15 is 0 Å². The molecule has 2 N–H and O–H groups in total. The first-order valence-corrected chi connectivity index (χ1v) is 10.8. The molecule has 6 heteroatoms. The molecule has 3 rings (SSSR count). The Morgan fingerprint density at radius 2 is 1.87 bits per heavy atom. The maximum atomic E-state index is 5.44. The number of nitrogens with zero attached hydrogens (tertiary/aromatic N) is 2. The molecule has 1 fully saturated rings. The smallest absolute Gasteiger partial charge is 0.191 e. The van der Waals surface area contributed by atoms with Crippen LogP contribution in [-0.2, 0) is 24.2 Å². The summed E-state index contributed by atoms with van der Waals surface area (Å²) in [6.45, 7) is 9.00. The number of aliphatic imine (C=N–C) groups is 1. The Morgan fingerprint density at radius 1 is 1.07 bits per heavy atom. The zero-order valence-corrected chi connectivity index (χ0v) is 18.2. The van der Waals surface area contributed by atoms with Gasteiger partial charge in [-0.15, -0.1) is 0 Å². The van der Waals surface area contributed by atoms with Gasteiger partial charge in [-0.25, -0.2) is 4.99 Å². The van der Waals surface area contributed by atoms with Crippen LogP contribution in [0.15, 0.2) is 53.5 Å². The number of benzene rings is 2. The molecular formula is C24H34N4O2. The van der Waals surface area contributed by atoms with E-state index in [9.17, 15) is 0 Å². The summed E-state index contributed by atoms with van der Waals surface area (Å²) in [5.41, 5.74) is 3.75. The largest absolute Gasteiger partial charge is 0.496 e. The summed E-state index contributed by atoms with van der Waals surface area (Å²) in [6, 6.07) is 16.9. The molecule has 0 aromatic heterocycles. The highest BCUT2D eigenvalue weighted by atomic mass is 16.5. The molecule has 6 nitrogen and oxygen atoms in total. The third-order valence-electron chi connectivity index (χ3n) is 5.14. The second-order valence-corrected chi connectivity index (χ2v) is 7.39. The first-order chi connectivity index (χ1) is 14.8. The Hall–Kier alpha value is -2.57. The van der Waals surface area contributed by atoms with Crippen molar-refractivity contribution in [1.82, 2.24) is 15.5 Å². The number of hydrogen-bond donors (Lipinski definition) is 2. The van der Waals surface area contributed by atoms with Crippen LogP contribution in [0.1, 0.15) is 23.6 Å². The van der Waals surface area contributed by atoms with Gasteiger partial charge in [-0.2, -0.15) is 0 Å². The fourth-order valence-corrected chi connectivity index (χ4v) is 3.58. The van der Waals surface area contributed by atoms with Crippen molar-refractivity contribution in [3.05, 3.63) is 65.2 Å². The molecule has 0 amide bonds. The summed E-state index contributed by atoms with van der Waals surface area (Å²) in [6.07, 6.45) is 0.878. The number of methoxy groups -OCH3 is 1. The van der Waals surface area contributed by atoms with Gasteiger partial charge in [0.1, 0.15) is 5.75 Å². The lowest BCUT2D eigenvalue weighted by Gasteiger charge is -2.26. The van der Waals surface area contributed by atoms with Gasteiger partial charge in [0.2, 0.25) is 0 Å². The Bertz CT molecular complexity index is 803. The molecule has 0 atom stereocenters. The van der Waals surface area contributed by atoms with E-state index in [1.807, 2.05) is 18.2 Å². The summed E-state index contributed by atoms with van der Waals surface area (Å²) in [5, 5.41) is 6.77. The summed E-state index contributed by atoms with van der Waals surface area (Å²) < 4.78 is 10.9. The van der Waals surface area contributed by atoms with Crippen molar-refractivity contribution < 1.29 is 9.47 Å². The molecule has 0 spiro atoms. The van der Waals surface area contributed by atoms with Crippen molar-refractivity contribution in [3.63, 3.8) is 0 Å². The van der Waals surface area contributed by atoms with Gasteiger partial charge in [0.05, 0.1) is 26.9 Å². The highest BCUT2D eigenvalue weighted by molar-refractivity contribution is 5.79. The summed E-state index contributed by atoms with van der Waals surface area (Å²) in [4.78, 5) is 7.21. The number of nitrogens with one attached hydrogen (secondary N) is 2. The Morgan fingerprint density at radius 3 is 2.67 bits per heavy atom. The van der Waals surface area contributed by atoms with E-state index in [1.165, 1.54) is 16.7 Å². The van der Waals surface area contributed by atoms with E-state index in [1.54, 1.807) is 7.11 Å². The lowest BCUT2D eigenvalue weighted by atomic mass is 10.1. The van der Waals surface area contributed by atoms with Crippen LogP contribution in [0, 0.1) is 0 Å². The van der Waals surface area contributed by atoms with Crippen LogP contribution in [-0.4, -0.2) is 57.4 Å². The monoisotopic (exact) mass is 410 g/mol. The van der Waals surface area contributed by atoms with E-state index < -0.39 is 0 Å². The standard InChI is InChI=1S/C24H34N4O2/c1-3-25-24(26-12-11-22-9-4-5-10-23(22)29-2)27-18-20-7-6-8-21(17-20)19-28-13-15-30-16-14-28/h4-10,17H,3,11-16,18-19H2,1-2H3,(H2,25,26,27). The highest BCUT2D eigenvalue weighted by Gasteiger charge is 2.10. The van der Waals surface area contributed by atoms with Gasteiger partial charge in [0.25, 0.3) is 0 Å². The number of para-hydroxylation sites is 1. The Labute approximate surface area is 180 Å². The van der Waals surface area contributed by atoms with Crippen LogP contribution in [0.4, 0.5) is 0 Å². The second-order valence-electron chi connectivity index (χ2n) is 7.39. The van der Waals surface area contributed by atoms with Gasteiger partial charge in [0.15, 0.2) is 5.96 Å². The van der Waals surface area contributed by atoms with Gasteiger partial charge >= 0.3 is 0 Å². The second kappa shape index (κ2) is 12.2. The van der Waals surface area contributed by atoms with Crippen LogP contribution in [0.5, 0.6) is 5.75 Å². The predicted molar refractivity (Wildman–Crippen MR) is 122 cm³/mol. The van der Waals surface area contributed by atoms with Gasteiger partial charge in [0, 0.05) is 32.7 Å². The molecule has 2 aromatic rings. The Balaban J connectivity index is 1.54. The number of morpholine rings is 1. The van der Waals surface area contributed by atoms with Crippen LogP contribution in [0.25, 0.3) is 0 Å². The zero-order chi connectivity index (χ0) is 21.0. The molecule has 2 aromatic carbocycles. The lowest BCUT2D eigenvalue weighted by Crippen LogP contribution is -2.38. The van der Waals surface area contributed by atoms with Crippen LogP contribution in [0.3, 0.4) is 0 Å². The first-order valence-electron chi connectivity index (χ1n) is 10.8. The Kier molecular flexibility index (Phi) is 9.00. The summed E-state index contributed by atoms with van der Waals surface area (Å²) in [5.74, 6) is 1.77. The van der Waals surface area contributed by atoms with Crippen LogP contribution in [0.2, 0.25) is 0 Å². The van der Waals surface area contributed by atoms with Gasteiger partial charge in [-0.3, -0.25) is 4.90 Å². The molecule has 0 saturated carbocycles. The maximum Gasteiger partial charge on any atom is 0.191 e. The minimum atomic E-state index is 0.654. The minimum Gasteiger partial charge on any atom is -0.496 e. The van der Waals surface area contributed by atoms with Crippen molar-refractivity contribution in [2.24, 2.45) is 4.99 Å². The molecule has 30 heavy (non-hydrogen) atoms. The third kappa shape index (κ3) is 7.04. The number of rotatable bonds is 9. The number of hydrogen-bond acceptors (Lipinski definition) is 4. The van der Waals surface area contributed by atoms with E-state index in [4.69, 9.17) is 14.5 Å². The normalized spacial score (nSPS) is 15.1. The van der Waals surface area contributed by atoms with E-state index in [0.717, 1.165) is 64.1 Å². The molecule has 0 unspecified atom stereocenters. The maximum absolute atomic E-state index is 5.44. The average molecular weight is 411 g/mol. The van der Waals surface area contributed by atoms with Gasteiger partial charge in [-0.1, -0.05) is 42.5 Å². The van der Waals surface area contributed by atoms with E-state index in [2.05, 4.69) is 52.8 Å². The minimum absolute atomic E-state index is 0.654. The molecule has 0 aliphatic carbocycles. The lowest BCUT2D eigenvalue weighted by molar-refractivity contribution is 0.0342. The molecule has 0 bridgehead atoms. The van der Waals surface area contributed by atoms with Crippen LogP contribution < -0.4 is 15.4 Å². The molecule has 1 heterocycles. The number of ether oxygens (including phenoxy) is 2. The molecule has 1 saturated heterocycles. The van der Waals surface area contributed by atoms with Gasteiger partial charge in [-0.05, 0) is 36.1 Å². The topological polar surface area (TPSA) is 58.1 Å². The molecule has 1 aliphatic heterocycles. The van der Waals surface area contributed by atoms with Crippen molar-refractivity contribution >= 4 is 5.96 Å². The summed E-state index contributed by atoms with van der Waals surface area (Å²) >= 11 is 0. The van der Waals surface area contributed by atoms with E-state index in [0.29, 0.717) is 6.54 Å². The molecule has 162 valence electrons. The SMILES string of the molecule is CCNC(=NCc1cccc(CN2CCOCC2)c1)NCCc1ccccc1OC. The molecular weight excluding hydrogens is 376 g/mol. The van der Waals surface area contributed by atoms with Crippen molar-refractivity contribution in [1.29, 1.82) is 0 Å². The first kappa shape index (κ1) is 22.1. The van der Waals surface area contributed by atoms with Crippen LogP contribution >= 0.6 is 0 Å². The fraction of sp³-hybridized carbons (Fsp3) is 0.458. The number of guanidine groups is 1. The van der Waals surface area contributed by atoms with Crippen molar-refractivity contribution in [2.75, 3.05) is 46.5 Å². The summed E-state index contributed by atoms with van der Waals surface area (Å²) in [7, 11) is 1.71. The average Bonchev–Trinajstić information content (AvgIpc) is 2.79. The fourth-order valence-electron chi connectivity index (χ4n) is 3.58. The predicted octanol–water partition coefficient (Wildman–Crippen LogP) is 2.83. The third-order valence-corrected chi connectivity index (χ3v) is 5.14. The highest BCUT2D eigenvalue weighted by Crippen LogP contribution is 2.17. The molecule has 0 radical (unpaired) electrons. The molecule has 1 aliphatic rings. The van der Waals surface area contributed by atoms with Gasteiger partial charge < -0.3 is 20.1 Å². The van der Waals surface area contributed by atoms with Crippen molar-refractivity contribution in [3.8, 4) is 5.75 Å². The zero-order valence-electron chi connectivity index (χ0n) is 18.2.